The molecule has 1 aromatic carbocycles. The molecule has 154 valence electrons. The van der Waals surface area contributed by atoms with Crippen molar-refractivity contribution in [2.45, 2.75) is 0 Å². The van der Waals surface area contributed by atoms with Crippen LogP contribution in [-0.2, 0) is 0 Å². The smallest absolute Gasteiger partial charge is 0.259 e. The molecule has 1 saturated heterocycles. The first-order valence-corrected chi connectivity index (χ1v) is 9.71. The largest absolute Gasteiger partial charge is 0.497 e. The Labute approximate surface area is 175 Å². The number of hydrogen-bond acceptors (Lipinski definition) is 7. The van der Waals surface area contributed by atoms with Crippen molar-refractivity contribution >= 4 is 11.7 Å². The fourth-order valence-electron chi connectivity index (χ4n) is 3.43. The molecule has 0 unspecified atom stereocenters. The standard InChI is InChI=1S/C22H23N5O3/c1-29-17-7-5-16(6-8-17)19-9-10-20(25-24-19)26-12-14-27(15-13-26)22(28)18-4-3-11-23-21(18)30-2/h3-11H,12-15H2,1-2H3. The highest BCUT2D eigenvalue weighted by Gasteiger charge is 2.25. The minimum absolute atomic E-state index is 0.0689. The molecular formula is C22H23N5O3. The first-order chi connectivity index (χ1) is 14.7. The summed E-state index contributed by atoms with van der Waals surface area (Å²) in [5, 5.41) is 8.75. The van der Waals surface area contributed by atoms with Crippen molar-refractivity contribution in [2.75, 3.05) is 45.3 Å². The molecule has 3 heterocycles. The highest BCUT2D eigenvalue weighted by Crippen LogP contribution is 2.23. The second kappa shape index (κ2) is 8.77. The molecular weight excluding hydrogens is 382 g/mol. The summed E-state index contributed by atoms with van der Waals surface area (Å²) in [4.78, 5) is 20.9. The van der Waals surface area contributed by atoms with Crippen molar-refractivity contribution in [3.63, 3.8) is 0 Å². The van der Waals surface area contributed by atoms with Crippen LogP contribution >= 0.6 is 0 Å². The molecule has 1 aliphatic heterocycles. The molecule has 0 saturated carbocycles. The van der Waals surface area contributed by atoms with Gasteiger partial charge in [0, 0.05) is 37.9 Å². The van der Waals surface area contributed by atoms with Crippen LogP contribution in [-0.4, -0.2) is 66.4 Å². The van der Waals surface area contributed by atoms with E-state index in [1.54, 1.807) is 25.4 Å². The maximum Gasteiger partial charge on any atom is 0.259 e. The zero-order valence-corrected chi connectivity index (χ0v) is 17.0. The van der Waals surface area contributed by atoms with E-state index in [1.165, 1.54) is 7.11 Å². The van der Waals surface area contributed by atoms with E-state index in [0.717, 1.165) is 22.8 Å². The summed E-state index contributed by atoms with van der Waals surface area (Å²) in [7, 11) is 3.16. The van der Waals surface area contributed by atoms with E-state index >= 15 is 0 Å². The predicted octanol–water partition coefficient (Wildman–Crippen LogP) is 2.52. The lowest BCUT2D eigenvalue weighted by Crippen LogP contribution is -2.49. The molecule has 8 heteroatoms. The summed E-state index contributed by atoms with van der Waals surface area (Å²) >= 11 is 0. The number of benzene rings is 1. The molecule has 0 aliphatic carbocycles. The van der Waals surface area contributed by atoms with Crippen LogP contribution in [0.15, 0.2) is 54.7 Å². The molecule has 0 radical (unpaired) electrons. The summed E-state index contributed by atoms with van der Waals surface area (Å²) < 4.78 is 10.4. The van der Waals surface area contributed by atoms with E-state index in [9.17, 15) is 4.79 Å². The molecule has 1 aliphatic rings. The van der Waals surface area contributed by atoms with Crippen LogP contribution in [0.1, 0.15) is 10.4 Å². The number of amides is 1. The van der Waals surface area contributed by atoms with Gasteiger partial charge in [-0.2, -0.15) is 0 Å². The summed E-state index contributed by atoms with van der Waals surface area (Å²) in [6, 6.07) is 15.1. The molecule has 1 amide bonds. The van der Waals surface area contributed by atoms with Crippen LogP contribution in [0.25, 0.3) is 11.3 Å². The fraction of sp³-hybridized carbons (Fsp3) is 0.273. The van der Waals surface area contributed by atoms with E-state index in [2.05, 4.69) is 20.1 Å². The van der Waals surface area contributed by atoms with Crippen LogP contribution in [0, 0.1) is 0 Å². The number of piperazine rings is 1. The molecule has 3 aromatic rings. The van der Waals surface area contributed by atoms with Crippen LogP contribution < -0.4 is 14.4 Å². The van der Waals surface area contributed by atoms with Gasteiger partial charge >= 0.3 is 0 Å². The van der Waals surface area contributed by atoms with Crippen molar-refractivity contribution in [3.05, 3.63) is 60.3 Å². The van der Waals surface area contributed by atoms with E-state index in [1.807, 2.05) is 41.3 Å². The third-order valence-electron chi connectivity index (χ3n) is 5.12. The molecule has 30 heavy (non-hydrogen) atoms. The van der Waals surface area contributed by atoms with Gasteiger partial charge in [0.25, 0.3) is 5.91 Å². The van der Waals surface area contributed by atoms with Crippen molar-refractivity contribution in [1.82, 2.24) is 20.1 Å². The second-order valence-corrected chi connectivity index (χ2v) is 6.84. The summed E-state index contributed by atoms with van der Waals surface area (Å²) in [5.74, 6) is 1.89. The maximum absolute atomic E-state index is 12.8. The number of pyridine rings is 1. The third-order valence-corrected chi connectivity index (χ3v) is 5.12. The van der Waals surface area contributed by atoms with Gasteiger partial charge in [-0.15, -0.1) is 10.2 Å². The number of ether oxygens (including phenoxy) is 2. The van der Waals surface area contributed by atoms with E-state index in [-0.39, 0.29) is 5.91 Å². The van der Waals surface area contributed by atoms with Gasteiger partial charge in [-0.3, -0.25) is 4.79 Å². The highest BCUT2D eigenvalue weighted by atomic mass is 16.5. The first-order valence-electron chi connectivity index (χ1n) is 9.71. The van der Waals surface area contributed by atoms with Gasteiger partial charge in [0.2, 0.25) is 5.88 Å². The SMILES string of the molecule is COc1ccc(-c2ccc(N3CCN(C(=O)c4cccnc4OC)CC3)nn2)cc1. The average Bonchev–Trinajstić information content (AvgIpc) is 2.84. The highest BCUT2D eigenvalue weighted by molar-refractivity contribution is 5.96. The average molecular weight is 405 g/mol. The van der Waals surface area contributed by atoms with Crippen molar-refractivity contribution in [3.8, 4) is 22.9 Å². The maximum atomic E-state index is 12.8. The van der Waals surface area contributed by atoms with Gasteiger partial charge in [-0.25, -0.2) is 4.98 Å². The molecule has 4 rings (SSSR count). The van der Waals surface area contributed by atoms with Gasteiger partial charge in [0.1, 0.15) is 11.3 Å². The fourth-order valence-corrected chi connectivity index (χ4v) is 3.43. The first kappa shape index (κ1) is 19.6. The number of aromatic nitrogens is 3. The molecule has 0 spiro atoms. The van der Waals surface area contributed by atoms with Crippen molar-refractivity contribution in [1.29, 1.82) is 0 Å². The Kier molecular flexibility index (Phi) is 5.74. The Bertz CT molecular complexity index is 1000. The Balaban J connectivity index is 1.39. The van der Waals surface area contributed by atoms with Crippen LogP contribution in [0.5, 0.6) is 11.6 Å². The monoisotopic (exact) mass is 405 g/mol. The van der Waals surface area contributed by atoms with E-state index < -0.39 is 0 Å². The summed E-state index contributed by atoms with van der Waals surface area (Å²) in [6.07, 6.45) is 1.61. The van der Waals surface area contributed by atoms with Gasteiger partial charge in [-0.05, 0) is 48.5 Å². The molecule has 8 nitrogen and oxygen atoms in total. The second-order valence-electron chi connectivity index (χ2n) is 6.84. The summed E-state index contributed by atoms with van der Waals surface area (Å²) in [6.45, 7) is 2.56. The Morgan fingerprint density at radius 2 is 1.67 bits per heavy atom. The quantitative estimate of drug-likeness (QED) is 0.645. The predicted molar refractivity (Wildman–Crippen MR) is 113 cm³/mol. The van der Waals surface area contributed by atoms with Gasteiger partial charge in [-0.1, -0.05) is 0 Å². The number of methoxy groups -OCH3 is 2. The molecule has 1 fully saturated rings. The Morgan fingerprint density at radius 1 is 0.900 bits per heavy atom. The molecule has 2 aromatic heterocycles. The zero-order chi connectivity index (χ0) is 20.9. The number of carbonyl (C=O) groups excluding carboxylic acids is 1. The summed E-state index contributed by atoms with van der Waals surface area (Å²) in [5.41, 5.74) is 2.27. The third kappa shape index (κ3) is 4.03. The normalized spacial score (nSPS) is 13.8. The van der Waals surface area contributed by atoms with Crippen LogP contribution in [0.3, 0.4) is 0 Å². The van der Waals surface area contributed by atoms with Crippen molar-refractivity contribution < 1.29 is 14.3 Å². The number of hydrogen-bond donors (Lipinski definition) is 0. The number of carbonyl (C=O) groups is 1. The Hall–Kier alpha value is -3.68. The molecule has 0 bridgehead atoms. The van der Waals surface area contributed by atoms with Gasteiger partial charge in [0.15, 0.2) is 5.82 Å². The Morgan fingerprint density at radius 3 is 2.30 bits per heavy atom. The van der Waals surface area contributed by atoms with E-state index in [4.69, 9.17) is 9.47 Å². The lowest BCUT2D eigenvalue weighted by atomic mass is 10.1. The number of nitrogens with zero attached hydrogens (tertiary/aromatic N) is 5. The van der Waals surface area contributed by atoms with Crippen LogP contribution in [0.2, 0.25) is 0 Å². The number of anilines is 1. The zero-order valence-electron chi connectivity index (χ0n) is 17.0. The topological polar surface area (TPSA) is 80.7 Å². The lowest BCUT2D eigenvalue weighted by molar-refractivity contribution is 0.0742. The van der Waals surface area contributed by atoms with Crippen molar-refractivity contribution in [2.24, 2.45) is 0 Å². The minimum atomic E-state index is -0.0689. The van der Waals surface area contributed by atoms with Crippen LogP contribution in [0.4, 0.5) is 5.82 Å². The van der Waals surface area contributed by atoms with E-state index in [0.29, 0.717) is 37.6 Å². The van der Waals surface area contributed by atoms with Gasteiger partial charge in [0.05, 0.1) is 19.9 Å². The molecule has 0 atom stereocenters. The number of rotatable bonds is 5. The lowest BCUT2D eigenvalue weighted by Gasteiger charge is -2.35. The minimum Gasteiger partial charge on any atom is -0.497 e. The molecule has 0 N–H and O–H groups in total. The van der Waals surface area contributed by atoms with Gasteiger partial charge < -0.3 is 19.3 Å².